The molecule has 0 aliphatic rings. The lowest BCUT2D eigenvalue weighted by Gasteiger charge is -2.23. The van der Waals surface area contributed by atoms with E-state index >= 15 is 0 Å². The second-order valence-corrected chi connectivity index (χ2v) is 7.32. The van der Waals surface area contributed by atoms with Gasteiger partial charge in [-0.1, -0.05) is 18.2 Å². The first-order valence-electron chi connectivity index (χ1n) is 10.6. The number of carboxylic acid groups (broad SMARTS) is 1. The average molecular weight is 506 g/mol. The highest BCUT2D eigenvalue weighted by molar-refractivity contribution is 5.93. The van der Waals surface area contributed by atoms with Crippen LogP contribution in [0, 0.1) is 5.82 Å². The molecule has 2 aromatic carbocycles. The summed E-state index contributed by atoms with van der Waals surface area (Å²) in [6.45, 7) is 2.56. The number of aliphatic hydroxyl groups excluding tert-OH is 1. The number of aliphatic hydroxyl groups is 1. The Morgan fingerprint density at radius 2 is 1.83 bits per heavy atom. The Balaban J connectivity index is 0.000000454. The van der Waals surface area contributed by atoms with Gasteiger partial charge in [0.15, 0.2) is 11.6 Å². The first kappa shape index (κ1) is 26.3. The summed E-state index contributed by atoms with van der Waals surface area (Å²) in [7, 11) is 0. The quantitative estimate of drug-likeness (QED) is 0.269. The first-order chi connectivity index (χ1) is 17.1. The summed E-state index contributed by atoms with van der Waals surface area (Å²) in [5, 5.41) is 27.2. The van der Waals surface area contributed by atoms with Crippen LogP contribution < -0.4 is 10.2 Å². The Morgan fingerprint density at radius 3 is 2.44 bits per heavy atom. The molecule has 0 radical (unpaired) electrons. The second-order valence-electron chi connectivity index (χ2n) is 7.32. The summed E-state index contributed by atoms with van der Waals surface area (Å²) in [5.74, 6) is -2.77. The fraction of sp³-hybridized carbons (Fsp3) is 0.217. The molecule has 0 atom stereocenters. The molecular formula is C23H22F4N6O3. The fourth-order valence-corrected chi connectivity index (χ4v) is 3.24. The third-order valence-electron chi connectivity index (χ3n) is 4.90. The number of aromatic nitrogens is 4. The molecule has 0 aliphatic carbocycles. The maximum atomic E-state index is 14.7. The highest BCUT2D eigenvalue weighted by Gasteiger charge is 2.38. The van der Waals surface area contributed by atoms with Crippen molar-refractivity contribution in [1.29, 1.82) is 0 Å². The number of fused-ring (bicyclic) bond motifs is 1. The molecule has 4 rings (SSSR count). The van der Waals surface area contributed by atoms with Crippen molar-refractivity contribution in [2.45, 2.75) is 19.5 Å². The van der Waals surface area contributed by atoms with Crippen molar-refractivity contribution in [1.82, 2.24) is 20.2 Å². The molecule has 0 fully saturated rings. The molecule has 0 bridgehead atoms. The third kappa shape index (κ3) is 6.44. The van der Waals surface area contributed by atoms with Crippen LogP contribution in [0.15, 0.2) is 54.9 Å². The van der Waals surface area contributed by atoms with E-state index in [4.69, 9.17) is 15.0 Å². The van der Waals surface area contributed by atoms with Gasteiger partial charge in [-0.15, -0.1) is 0 Å². The highest BCUT2D eigenvalue weighted by Crippen LogP contribution is 2.32. The molecular weight excluding hydrogens is 484 g/mol. The van der Waals surface area contributed by atoms with Crippen molar-refractivity contribution in [2.24, 2.45) is 0 Å². The molecule has 0 aliphatic heterocycles. The molecule has 0 saturated heterocycles. The van der Waals surface area contributed by atoms with Crippen molar-refractivity contribution in [3.63, 3.8) is 0 Å². The van der Waals surface area contributed by atoms with Crippen LogP contribution in [0.3, 0.4) is 0 Å². The predicted octanol–water partition coefficient (Wildman–Crippen LogP) is 4.56. The van der Waals surface area contributed by atoms with Crippen LogP contribution in [-0.4, -0.2) is 55.7 Å². The smallest absolute Gasteiger partial charge is 0.475 e. The molecule has 0 amide bonds. The third-order valence-corrected chi connectivity index (χ3v) is 4.90. The number of halogens is 4. The number of nitrogens with one attached hydrogen (secondary N) is 2. The standard InChI is InChI=1S/C21H21FN6O.C2HF3O2/c1-2-28(19-5-3-4-18-16(19)12-24-27-18)20-17(22)13-23-21(26-20)25-15-8-6-14(7-9-15)10-11-29;3-2(4,5)1(6)7/h3-9,12-13,29H,2,10-11H2,1H3,(H,24,27)(H,23,25,26);(H,6,7). The Hall–Kier alpha value is -4.26. The van der Waals surface area contributed by atoms with E-state index in [0.29, 0.717) is 18.9 Å². The minimum atomic E-state index is -5.08. The van der Waals surface area contributed by atoms with E-state index in [9.17, 15) is 17.6 Å². The van der Waals surface area contributed by atoms with Gasteiger partial charge in [-0.3, -0.25) is 5.10 Å². The molecule has 4 N–H and O–H groups in total. The number of aliphatic carboxylic acids is 1. The molecule has 2 aromatic heterocycles. The number of rotatable bonds is 7. The van der Waals surface area contributed by atoms with E-state index in [1.807, 2.05) is 49.4 Å². The van der Waals surface area contributed by atoms with Crippen LogP contribution in [0.25, 0.3) is 10.9 Å². The maximum Gasteiger partial charge on any atom is 0.490 e. The van der Waals surface area contributed by atoms with Crippen LogP contribution >= 0.6 is 0 Å². The van der Waals surface area contributed by atoms with Gasteiger partial charge in [-0.05, 0) is 43.2 Å². The zero-order valence-corrected chi connectivity index (χ0v) is 18.9. The number of hydrogen-bond donors (Lipinski definition) is 4. The van der Waals surface area contributed by atoms with Gasteiger partial charge in [-0.2, -0.15) is 23.3 Å². The summed E-state index contributed by atoms with van der Waals surface area (Å²) >= 11 is 0. The molecule has 9 nitrogen and oxygen atoms in total. The van der Waals surface area contributed by atoms with E-state index in [2.05, 4.69) is 25.5 Å². The summed E-state index contributed by atoms with van der Waals surface area (Å²) in [5.41, 5.74) is 3.50. The average Bonchev–Trinajstić information content (AvgIpc) is 3.32. The summed E-state index contributed by atoms with van der Waals surface area (Å²) in [6.07, 6.45) is -1.59. The molecule has 190 valence electrons. The van der Waals surface area contributed by atoms with Gasteiger partial charge in [0, 0.05) is 24.2 Å². The monoisotopic (exact) mass is 506 g/mol. The zero-order chi connectivity index (χ0) is 26.3. The topological polar surface area (TPSA) is 127 Å². The summed E-state index contributed by atoms with van der Waals surface area (Å²) < 4.78 is 46.4. The number of H-pyrrole nitrogens is 1. The zero-order valence-electron chi connectivity index (χ0n) is 18.9. The van der Waals surface area contributed by atoms with Crippen LogP contribution in [-0.2, 0) is 11.2 Å². The van der Waals surface area contributed by atoms with Crippen molar-refractivity contribution >= 4 is 40.0 Å². The van der Waals surface area contributed by atoms with Gasteiger partial charge in [0.25, 0.3) is 0 Å². The molecule has 36 heavy (non-hydrogen) atoms. The molecule has 0 unspecified atom stereocenters. The number of carboxylic acids is 1. The largest absolute Gasteiger partial charge is 0.490 e. The first-order valence-corrected chi connectivity index (χ1v) is 10.6. The minimum Gasteiger partial charge on any atom is -0.475 e. The predicted molar refractivity (Wildman–Crippen MR) is 125 cm³/mol. The van der Waals surface area contributed by atoms with Gasteiger partial charge in [0.2, 0.25) is 5.95 Å². The number of nitrogens with zero attached hydrogens (tertiary/aromatic N) is 4. The van der Waals surface area contributed by atoms with E-state index in [0.717, 1.165) is 27.8 Å². The Kier molecular flexibility index (Phi) is 8.38. The Labute approximate surface area is 202 Å². The lowest BCUT2D eigenvalue weighted by molar-refractivity contribution is -0.192. The van der Waals surface area contributed by atoms with Gasteiger partial charge in [0.1, 0.15) is 0 Å². The van der Waals surface area contributed by atoms with Crippen LogP contribution in [0.4, 0.5) is 40.7 Å². The van der Waals surface area contributed by atoms with E-state index in [1.54, 1.807) is 11.1 Å². The summed E-state index contributed by atoms with van der Waals surface area (Å²) in [6, 6.07) is 13.3. The van der Waals surface area contributed by atoms with Crippen LogP contribution in [0.2, 0.25) is 0 Å². The Morgan fingerprint density at radius 1 is 1.14 bits per heavy atom. The van der Waals surface area contributed by atoms with Crippen molar-refractivity contribution in [3.8, 4) is 0 Å². The Bertz CT molecular complexity index is 1310. The normalized spacial score (nSPS) is 11.1. The number of alkyl halides is 3. The van der Waals surface area contributed by atoms with Gasteiger partial charge < -0.3 is 20.4 Å². The van der Waals surface area contributed by atoms with Crippen LogP contribution in [0.5, 0.6) is 0 Å². The molecule has 13 heteroatoms. The van der Waals surface area contributed by atoms with Crippen molar-refractivity contribution < 1.29 is 32.6 Å². The minimum absolute atomic E-state index is 0.105. The van der Waals surface area contributed by atoms with Gasteiger partial charge in [-0.25, -0.2) is 14.2 Å². The number of anilines is 4. The van der Waals surface area contributed by atoms with Crippen molar-refractivity contribution in [2.75, 3.05) is 23.4 Å². The SMILES string of the molecule is CCN(c1nc(Nc2ccc(CCO)cc2)ncc1F)c1cccc2[nH]ncc12.O=C(O)C(F)(F)F. The molecule has 2 heterocycles. The number of aromatic amines is 1. The van der Waals surface area contributed by atoms with E-state index in [-0.39, 0.29) is 12.4 Å². The number of hydrogen-bond acceptors (Lipinski definition) is 7. The fourth-order valence-electron chi connectivity index (χ4n) is 3.24. The maximum absolute atomic E-state index is 14.7. The van der Waals surface area contributed by atoms with E-state index < -0.39 is 18.0 Å². The van der Waals surface area contributed by atoms with Crippen LogP contribution in [0.1, 0.15) is 12.5 Å². The number of carbonyl (C=O) groups is 1. The molecule has 0 spiro atoms. The van der Waals surface area contributed by atoms with Gasteiger partial charge >= 0.3 is 12.1 Å². The van der Waals surface area contributed by atoms with E-state index in [1.165, 1.54) is 6.20 Å². The summed E-state index contributed by atoms with van der Waals surface area (Å²) in [4.78, 5) is 19.2. The molecule has 0 saturated carbocycles. The lowest BCUT2D eigenvalue weighted by atomic mass is 10.1. The molecule has 4 aromatic rings. The second kappa shape index (κ2) is 11.4. The number of benzene rings is 2. The highest BCUT2D eigenvalue weighted by atomic mass is 19.4. The lowest BCUT2D eigenvalue weighted by Crippen LogP contribution is -2.21. The van der Waals surface area contributed by atoms with Gasteiger partial charge in [0.05, 0.1) is 23.6 Å². The van der Waals surface area contributed by atoms with Crippen molar-refractivity contribution in [3.05, 3.63) is 66.2 Å².